The number of carboxylic acids is 1. The molecule has 0 saturated carbocycles. The topological polar surface area (TPSA) is 100 Å². The van der Waals surface area contributed by atoms with Gasteiger partial charge in [-0.1, -0.05) is 27.7 Å². The molecule has 2 unspecified atom stereocenters. The first-order valence-corrected chi connectivity index (χ1v) is 9.60. The minimum atomic E-state index is -1.11. The van der Waals surface area contributed by atoms with E-state index in [0.29, 0.717) is 10.9 Å². The number of carboxylic acid groups (broad SMARTS) is 1. The fraction of sp³-hybridized carbons (Fsp3) is 0.476. The third-order valence-electron chi connectivity index (χ3n) is 4.79. The lowest BCUT2D eigenvalue weighted by molar-refractivity contribution is -0.142. The van der Waals surface area contributed by atoms with Crippen molar-refractivity contribution in [3.05, 3.63) is 35.8 Å². The van der Waals surface area contributed by atoms with Crippen molar-refractivity contribution in [3.8, 4) is 0 Å². The van der Waals surface area contributed by atoms with Crippen LogP contribution in [0.1, 0.15) is 44.6 Å². The molecule has 2 aromatic rings. The number of carbonyl (C=O) groups is 3. The molecule has 3 N–H and O–H groups in total. The van der Waals surface area contributed by atoms with Gasteiger partial charge in [0.25, 0.3) is 5.91 Å². The smallest absolute Gasteiger partial charge is 0.326 e. The van der Waals surface area contributed by atoms with E-state index in [1.54, 1.807) is 37.6 Å². The summed E-state index contributed by atoms with van der Waals surface area (Å²) >= 11 is 0. The third-order valence-corrected chi connectivity index (χ3v) is 4.79. The van der Waals surface area contributed by atoms with Gasteiger partial charge in [-0.15, -0.1) is 0 Å². The van der Waals surface area contributed by atoms with E-state index >= 15 is 0 Å². The predicted octanol–water partition coefficient (Wildman–Crippen LogP) is 2.69. The molecule has 2 atom stereocenters. The van der Waals surface area contributed by atoms with Crippen LogP contribution in [0, 0.1) is 17.7 Å². The van der Waals surface area contributed by atoms with Gasteiger partial charge in [-0.25, -0.2) is 9.18 Å². The fourth-order valence-electron chi connectivity index (χ4n) is 3.24. The number of benzene rings is 1. The molecule has 1 aromatic carbocycles. The summed E-state index contributed by atoms with van der Waals surface area (Å²) in [5.41, 5.74) is 0.964. The van der Waals surface area contributed by atoms with Gasteiger partial charge in [0, 0.05) is 18.0 Å². The highest BCUT2D eigenvalue weighted by Gasteiger charge is 2.30. The number of hydrogen-bond donors (Lipinski definition) is 3. The first-order valence-electron chi connectivity index (χ1n) is 9.60. The number of fused-ring (bicyclic) bond motifs is 1. The molecule has 0 aliphatic carbocycles. The fourth-order valence-corrected chi connectivity index (χ4v) is 3.24. The van der Waals surface area contributed by atoms with Crippen LogP contribution in [0.3, 0.4) is 0 Å². The molecule has 8 heteroatoms. The van der Waals surface area contributed by atoms with Crippen LogP contribution in [0.5, 0.6) is 0 Å². The Balaban J connectivity index is 2.21. The Morgan fingerprint density at radius 1 is 1.10 bits per heavy atom. The number of nitrogens with zero attached hydrogens (tertiary/aromatic N) is 1. The van der Waals surface area contributed by atoms with Gasteiger partial charge in [-0.2, -0.15) is 0 Å². The SMILES string of the molecule is CC(C)CC(NC(=O)C(NC(=O)c1cc2cc(F)ccc2n1C)C(C)C)C(=O)O. The number of nitrogens with one attached hydrogen (secondary N) is 2. The molecule has 2 amide bonds. The van der Waals surface area contributed by atoms with Crippen LogP contribution in [0.25, 0.3) is 10.9 Å². The van der Waals surface area contributed by atoms with E-state index in [-0.39, 0.29) is 24.0 Å². The molecule has 2 rings (SSSR count). The van der Waals surface area contributed by atoms with Gasteiger partial charge in [0.05, 0.1) is 0 Å². The Labute approximate surface area is 169 Å². The number of hydrogen-bond acceptors (Lipinski definition) is 3. The van der Waals surface area contributed by atoms with Crippen LogP contribution in [0.15, 0.2) is 24.3 Å². The first kappa shape index (κ1) is 22.4. The average molecular weight is 405 g/mol. The summed E-state index contributed by atoms with van der Waals surface area (Å²) in [4.78, 5) is 37.0. The van der Waals surface area contributed by atoms with Crippen molar-refractivity contribution in [2.45, 2.75) is 46.2 Å². The molecule has 0 radical (unpaired) electrons. The van der Waals surface area contributed by atoms with Crippen LogP contribution in [-0.2, 0) is 16.6 Å². The summed E-state index contributed by atoms with van der Waals surface area (Å²) in [7, 11) is 1.68. The second-order valence-corrected chi connectivity index (χ2v) is 8.02. The van der Waals surface area contributed by atoms with Gasteiger partial charge >= 0.3 is 5.97 Å². The van der Waals surface area contributed by atoms with E-state index in [0.717, 1.165) is 0 Å². The van der Waals surface area contributed by atoms with Gasteiger partial charge in [0.2, 0.25) is 5.91 Å². The van der Waals surface area contributed by atoms with E-state index in [4.69, 9.17) is 0 Å². The van der Waals surface area contributed by atoms with Gasteiger partial charge in [0.15, 0.2) is 0 Å². The summed E-state index contributed by atoms with van der Waals surface area (Å²) in [6, 6.07) is 3.85. The standard InChI is InChI=1S/C21H28FN3O4/c1-11(2)8-15(21(28)29)23-20(27)18(12(3)4)24-19(26)17-10-13-9-14(22)6-7-16(13)25(17)5/h6-7,9-12,15,18H,8H2,1-5H3,(H,23,27)(H,24,26)(H,28,29). The second kappa shape index (κ2) is 9.07. The number of halogens is 1. The lowest BCUT2D eigenvalue weighted by Crippen LogP contribution is -2.54. The van der Waals surface area contributed by atoms with E-state index in [2.05, 4.69) is 10.6 Å². The maximum Gasteiger partial charge on any atom is 0.326 e. The molecular formula is C21H28FN3O4. The van der Waals surface area contributed by atoms with Crippen molar-refractivity contribution in [2.75, 3.05) is 0 Å². The van der Waals surface area contributed by atoms with Crippen LogP contribution in [0.2, 0.25) is 0 Å². The van der Waals surface area contributed by atoms with Crippen molar-refractivity contribution >= 4 is 28.7 Å². The van der Waals surface area contributed by atoms with Crippen molar-refractivity contribution in [1.29, 1.82) is 0 Å². The Bertz CT molecular complexity index is 920. The molecule has 0 saturated heterocycles. The number of rotatable bonds is 8. The van der Waals surface area contributed by atoms with Crippen LogP contribution < -0.4 is 10.6 Å². The van der Waals surface area contributed by atoms with Crippen molar-refractivity contribution in [1.82, 2.24) is 15.2 Å². The molecule has 0 spiro atoms. The highest BCUT2D eigenvalue weighted by Crippen LogP contribution is 2.20. The zero-order valence-electron chi connectivity index (χ0n) is 17.3. The molecule has 0 fully saturated rings. The predicted molar refractivity (Wildman–Crippen MR) is 108 cm³/mol. The van der Waals surface area contributed by atoms with Gasteiger partial charge < -0.3 is 20.3 Å². The van der Waals surface area contributed by atoms with Crippen molar-refractivity contribution in [3.63, 3.8) is 0 Å². The van der Waals surface area contributed by atoms with Crippen LogP contribution in [-0.4, -0.2) is 39.5 Å². The third kappa shape index (κ3) is 5.34. The number of aromatic nitrogens is 1. The summed E-state index contributed by atoms with van der Waals surface area (Å²) in [6.07, 6.45) is 0.286. The minimum absolute atomic E-state index is 0.0830. The summed E-state index contributed by atoms with van der Waals surface area (Å²) in [5.74, 6) is -2.74. The zero-order chi connectivity index (χ0) is 21.9. The Morgan fingerprint density at radius 2 is 1.76 bits per heavy atom. The maximum atomic E-state index is 13.5. The molecular weight excluding hydrogens is 377 g/mol. The molecule has 0 bridgehead atoms. The summed E-state index contributed by atoms with van der Waals surface area (Å²) in [5, 5.41) is 15.1. The number of aryl methyl sites for hydroxylation is 1. The minimum Gasteiger partial charge on any atom is -0.480 e. The molecule has 1 heterocycles. The number of aliphatic carboxylic acids is 1. The molecule has 0 aliphatic heterocycles. The number of amides is 2. The molecule has 0 aliphatic rings. The summed E-state index contributed by atoms with van der Waals surface area (Å²) < 4.78 is 15.1. The number of carbonyl (C=O) groups excluding carboxylic acids is 2. The van der Waals surface area contributed by atoms with E-state index in [1.165, 1.54) is 12.1 Å². The van der Waals surface area contributed by atoms with Gasteiger partial charge in [-0.05, 0) is 42.5 Å². The van der Waals surface area contributed by atoms with E-state index < -0.39 is 35.7 Å². The van der Waals surface area contributed by atoms with Gasteiger partial charge in [-0.3, -0.25) is 9.59 Å². The zero-order valence-corrected chi connectivity index (χ0v) is 17.3. The lowest BCUT2D eigenvalue weighted by atomic mass is 10.0. The van der Waals surface area contributed by atoms with Crippen LogP contribution >= 0.6 is 0 Å². The average Bonchev–Trinajstić information content (AvgIpc) is 2.94. The molecule has 158 valence electrons. The first-order chi connectivity index (χ1) is 13.5. The Kier molecular flexibility index (Phi) is 7.00. The Hall–Kier alpha value is -2.90. The monoisotopic (exact) mass is 405 g/mol. The largest absolute Gasteiger partial charge is 0.480 e. The lowest BCUT2D eigenvalue weighted by Gasteiger charge is -2.24. The van der Waals surface area contributed by atoms with E-state index in [1.807, 2.05) is 13.8 Å². The Morgan fingerprint density at radius 3 is 2.31 bits per heavy atom. The molecule has 1 aromatic heterocycles. The van der Waals surface area contributed by atoms with Gasteiger partial charge in [0.1, 0.15) is 23.6 Å². The molecule has 29 heavy (non-hydrogen) atoms. The van der Waals surface area contributed by atoms with Crippen LogP contribution in [0.4, 0.5) is 4.39 Å². The quantitative estimate of drug-likeness (QED) is 0.629. The highest BCUT2D eigenvalue weighted by molar-refractivity contribution is 6.01. The molecule has 7 nitrogen and oxygen atoms in total. The van der Waals surface area contributed by atoms with Crippen molar-refractivity contribution < 1.29 is 23.9 Å². The maximum absolute atomic E-state index is 13.5. The second-order valence-electron chi connectivity index (χ2n) is 8.02. The van der Waals surface area contributed by atoms with E-state index in [9.17, 15) is 23.9 Å². The highest BCUT2D eigenvalue weighted by atomic mass is 19.1. The summed E-state index contributed by atoms with van der Waals surface area (Å²) in [6.45, 7) is 7.26. The normalized spacial score (nSPS) is 13.5. The van der Waals surface area contributed by atoms with Crippen molar-refractivity contribution in [2.24, 2.45) is 18.9 Å².